The molecule has 5 heteroatoms. The topological polar surface area (TPSA) is 61.2 Å². The Morgan fingerprint density at radius 2 is 2.06 bits per heavy atom. The summed E-state index contributed by atoms with van der Waals surface area (Å²) in [5.41, 5.74) is 1.01. The minimum Gasteiger partial charge on any atom is -0.207 e. The second kappa shape index (κ2) is 5.51. The van der Waals surface area contributed by atoms with Crippen molar-refractivity contribution in [2.45, 2.75) is 38.1 Å². The van der Waals surface area contributed by atoms with E-state index >= 15 is 0 Å². The van der Waals surface area contributed by atoms with Crippen LogP contribution in [-0.2, 0) is 10.0 Å². The molecule has 0 aromatic heterocycles. The van der Waals surface area contributed by atoms with Crippen LogP contribution >= 0.6 is 0 Å². The molecule has 0 saturated heterocycles. The van der Waals surface area contributed by atoms with Crippen LogP contribution < -0.4 is 0 Å². The van der Waals surface area contributed by atoms with Gasteiger partial charge in [0.15, 0.2) is 0 Å². The second-order valence-electron chi connectivity index (χ2n) is 4.37. The van der Waals surface area contributed by atoms with Crippen molar-refractivity contribution in [2.24, 2.45) is 0 Å². The van der Waals surface area contributed by atoms with E-state index in [-0.39, 0.29) is 10.9 Å². The lowest BCUT2D eigenvalue weighted by molar-refractivity contribution is 0.380. The zero-order valence-electron chi connectivity index (χ0n) is 11.1. The van der Waals surface area contributed by atoms with Gasteiger partial charge in [0.25, 0.3) is 0 Å². The molecule has 0 radical (unpaired) electrons. The van der Waals surface area contributed by atoms with Crippen LogP contribution in [0.25, 0.3) is 0 Å². The summed E-state index contributed by atoms with van der Waals surface area (Å²) < 4.78 is 26.2. The highest BCUT2D eigenvalue weighted by molar-refractivity contribution is 7.89. The molecule has 0 bridgehead atoms. The molecule has 18 heavy (non-hydrogen) atoms. The highest BCUT2D eigenvalue weighted by Crippen LogP contribution is 2.22. The summed E-state index contributed by atoms with van der Waals surface area (Å²) in [6.07, 6.45) is 0.743. The molecule has 4 nitrogen and oxygen atoms in total. The van der Waals surface area contributed by atoms with Crippen LogP contribution in [0.3, 0.4) is 0 Å². The van der Waals surface area contributed by atoms with Crippen LogP contribution in [-0.4, -0.2) is 25.8 Å². The van der Waals surface area contributed by atoms with Gasteiger partial charge in [0.2, 0.25) is 10.0 Å². The first-order chi connectivity index (χ1) is 8.34. The molecule has 0 amide bonds. The van der Waals surface area contributed by atoms with Gasteiger partial charge in [0.1, 0.15) is 0 Å². The Bertz CT molecular complexity index is 573. The Kier molecular flexibility index (Phi) is 4.49. The van der Waals surface area contributed by atoms with Gasteiger partial charge in [0, 0.05) is 13.1 Å². The lowest BCUT2D eigenvalue weighted by atomic mass is 10.2. The Morgan fingerprint density at radius 1 is 1.44 bits per heavy atom. The normalized spacial score (nSPS) is 13.3. The minimum absolute atomic E-state index is 0.0693. The predicted molar refractivity (Wildman–Crippen MR) is 70.6 cm³/mol. The number of nitrogens with zero attached hydrogens (tertiary/aromatic N) is 2. The molecule has 0 fully saturated rings. The average Bonchev–Trinajstić information content (AvgIpc) is 2.37. The fourth-order valence-corrected chi connectivity index (χ4v) is 3.28. The quantitative estimate of drug-likeness (QED) is 0.840. The van der Waals surface area contributed by atoms with Gasteiger partial charge in [-0.05, 0) is 38.0 Å². The highest BCUT2D eigenvalue weighted by Gasteiger charge is 2.26. The first-order valence-electron chi connectivity index (χ1n) is 5.83. The summed E-state index contributed by atoms with van der Waals surface area (Å²) in [5.74, 6) is 0. The number of hydrogen-bond donors (Lipinski definition) is 0. The van der Waals surface area contributed by atoms with Crippen LogP contribution in [0.2, 0.25) is 0 Å². The summed E-state index contributed by atoms with van der Waals surface area (Å²) in [5, 5.41) is 8.85. The van der Waals surface area contributed by atoms with Crippen LogP contribution in [0.1, 0.15) is 31.4 Å². The van der Waals surface area contributed by atoms with E-state index in [1.807, 2.05) is 19.9 Å². The van der Waals surface area contributed by atoms with Gasteiger partial charge in [-0.1, -0.05) is 13.0 Å². The SMILES string of the molecule is CCC(C)N(C)S(=O)(=O)c1cc(C#N)ccc1C. The molecule has 1 aromatic carbocycles. The van der Waals surface area contributed by atoms with E-state index in [1.165, 1.54) is 10.4 Å². The number of nitriles is 1. The Morgan fingerprint density at radius 3 is 2.56 bits per heavy atom. The van der Waals surface area contributed by atoms with Gasteiger partial charge in [-0.3, -0.25) is 0 Å². The van der Waals surface area contributed by atoms with Crippen LogP contribution in [0, 0.1) is 18.3 Å². The molecule has 0 heterocycles. The zero-order chi connectivity index (χ0) is 13.9. The Labute approximate surface area is 109 Å². The third kappa shape index (κ3) is 2.71. The average molecular weight is 266 g/mol. The van der Waals surface area contributed by atoms with Crippen molar-refractivity contribution < 1.29 is 8.42 Å². The van der Waals surface area contributed by atoms with Gasteiger partial charge in [-0.2, -0.15) is 9.57 Å². The molecule has 0 spiro atoms. The third-order valence-electron chi connectivity index (χ3n) is 3.19. The fraction of sp³-hybridized carbons (Fsp3) is 0.462. The molecule has 0 aliphatic rings. The van der Waals surface area contributed by atoms with E-state index in [2.05, 4.69) is 0 Å². The van der Waals surface area contributed by atoms with Crippen molar-refractivity contribution in [1.82, 2.24) is 4.31 Å². The number of hydrogen-bond acceptors (Lipinski definition) is 3. The van der Waals surface area contributed by atoms with E-state index in [0.29, 0.717) is 11.1 Å². The molecule has 0 aliphatic heterocycles. The molecular weight excluding hydrogens is 248 g/mol. The number of aryl methyl sites for hydroxylation is 1. The van der Waals surface area contributed by atoms with Gasteiger partial charge in [0.05, 0.1) is 16.5 Å². The number of benzene rings is 1. The molecule has 1 rings (SSSR count). The summed E-state index contributed by atoms with van der Waals surface area (Å²) >= 11 is 0. The van der Waals surface area contributed by atoms with E-state index < -0.39 is 10.0 Å². The first kappa shape index (κ1) is 14.7. The highest BCUT2D eigenvalue weighted by atomic mass is 32.2. The van der Waals surface area contributed by atoms with E-state index in [0.717, 1.165) is 6.42 Å². The maximum atomic E-state index is 12.4. The van der Waals surface area contributed by atoms with Crippen molar-refractivity contribution in [3.05, 3.63) is 29.3 Å². The lowest BCUT2D eigenvalue weighted by Gasteiger charge is -2.24. The second-order valence-corrected chi connectivity index (χ2v) is 6.34. The van der Waals surface area contributed by atoms with Gasteiger partial charge in [-0.15, -0.1) is 0 Å². The van der Waals surface area contributed by atoms with E-state index in [4.69, 9.17) is 5.26 Å². The predicted octanol–water partition coefficient (Wildman–Crippen LogP) is 2.29. The van der Waals surface area contributed by atoms with Crippen LogP contribution in [0.15, 0.2) is 23.1 Å². The van der Waals surface area contributed by atoms with Crippen LogP contribution in [0.4, 0.5) is 0 Å². The molecular formula is C13H18N2O2S. The van der Waals surface area contributed by atoms with Gasteiger partial charge >= 0.3 is 0 Å². The number of rotatable bonds is 4. The van der Waals surface area contributed by atoms with Crippen molar-refractivity contribution in [2.75, 3.05) is 7.05 Å². The standard InChI is InChI=1S/C13H18N2O2S/c1-5-11(3)15(4)18(16,17)13-8-12(9-14)7-6-10(13)2/h6-8,11H,5H2,1-4H3. The van der Waals surface area contributed by atoms with E-state index in [1.54, 1.807) is 26.1 Å². The third-order valence-corrected chi connectivity index (χ3v) is 5.30. The molecule has 1 unspecified atom stereocenters. The fourth-order valence-electron chi connectivity index (χ4n) is 1.60. The van der Waals surface area contributed by atoms with Crippen LogP contribution in [0.5, 0.6) is 0 Å². The number of sulfonamides is 1. The van der Waals surface area contributed by atoms with E-state index in [9.17, 15) is 8.42 Å². The zero-order valence-corrected chi connectivity index (χ0v) is 12.0. The maximum Gasteiger partial charge on any atom is 0.243 e. The summed E-state index contributed by atoms with van der Waals surface area (Å²) in [6, 6.07) is 6.62. The monoisotopic (exact) mass is 266 g/mol. The summed E-state index contributed by atoms with van der Waals surface area (Å²) in [4.78, 5) is 0.212. The molecule has 0 aliphatic carbocycles. The first-order valence-corrected chi connectivity index (χ1v) is 7.27. The molecule has 0 N–H and O–H groups in total. The van der Waals surface area contributed by atoms with Crippen molar-refractivity contribution in [3.63, 3.8) is 0 Å². The summed E-state index contributed by atoms with van der Waals surface area (Å²) in [6.45, 7) is 5.54. The largest absolute Gasteiger partial charge is 0.243 e. The molecule has 1 atom stereocenters. The molecule has 98 valence electrons. The molecule has 1 aromatic rings. The maximum absolute atomic E-state index is 12.4. The van der Waals surface area contributed by atoms with Crippen molar-refractivity contribution in [3.8, 4) is 6.07 Å². The minimum atomic E-state index is -3.53. The van der Waals surface area contributed by atoms with Crippen molar-refractivity contribution in [1.29, 1.82) is 5.26 Å². The molecule has 0 saturated carbocycles. The Balaban J connectivity index is 3.33. The Hall–Kier alpha value is -1.38. The van der Waals surface area contributed by atoms with Gasteiger partial charge < -0.3 is 0 Å². The lowest BCUT2D eigenvalue weighted by Crippen LogP contribution is -2.35. The summed E-state index contributed by atoms with van der Waals surface area (Å²) in [7, 11) is -1.96. The van der Waals surface area contributed by atoms with Gasteiger partial charge in [-0.25, -0.2) is 8.42 Å². The van der Waals surface area contributed by atoms with Crippen molar-refractivity contribution >= 4 is 10.0 Å². The smallest absolute Gasteiger partial charge is 0.207 e.